The normalized spacial score (nSPS) is 14.2. The van der Waals surface area contributed by atoms with E-state index in [1.165, 1.54) is 4.57 Å². The maximum atomic E-state index is 12.0. The Balaban J connectivity index is 1.32. The summed E-state index contributed by atoms with van der Waals surface area (Å²) >= 11 is 12.4. The van der Waals surface area contributed by atoms with E-state index in [2.05, 4.69) is 42.7 Å². The maximum Gasteiger partial charge on any atom is 0.375 e. The van der Waals surface area contributed by atoms with E-state index in [0.717, 1.165) is 34.2 Å². The van der Waals surface area contributed by atoms with Crippen molar-refractivity contribution >= 4 is 69.9 Å². The number of fused-ring (bicyclic) bond motifs is 2. The SMILES string of the molecule is CCC(=Cc1oc2ccc(Cl)cc2[n+]1CS(=O)(=O)O)C=C1Oc2ccc(-c3ccccc3)cc2N1COCCN(C[Si](C)(C)C)c1ccc(Cl)cc1. The Hall–Kier alpha value is -4.10. The molecule has 4 aromatic carbocycles. The van der Waals surface area contributed by atoms with Crippen molar-refractivity contribution in [3.63, 3.8) is 0 Å². The van der Waals surface area contributed by atoms with Gasteiger partial charge < -0.3 is 18.8 Å². The monoisotopic (exact) mass is 778 g/mol. The number of rotatable bonds is 14. The topological polar surface area (TPSA) is 96.3 Å². The van der Waals surface area contributed by atoms with Gasteiger partial charge in [-0.15, -0.1) is 4.57 Å². The van der Waals surface area contributed by atoms with Gasteiger partial charge in [-0.2, -0.15) is 8.42 Å². The smallest absolute Gasteiger partial charge is 0.375 e. The fourth-order valence-corrected chi connectivity index (χ4v) is 8.42. The fraction of sp³-hybridized carbons (Fsp3) is 0.256. The molecular weight excluding hydrogens is 738 g/mol. The predicted octanol–water partition coefficient (Wildman–Crippen LogP) is 9.43. The fourth-order valence-electron chi connectivity index (χ4n) is 6.05. The quantitative estimate of drug-likeness (QED) is 0.0516. The molecule has 1 aliphatic rings. The van der Waals surface area contributed by atoms with Gasteiger partial charge in [-0.3, -0.25) is 9.45 Å². The van der Waals surface area contributed by atoms with Crippen LogP contribution < -0.4 is 19.1 Å². The van der Waals surface area contributed by atoms with Gasteiger partial charge in [0.05, 0.1) is 26.4 Å². The standard InChI is InChI=1S/C39H41Cl2N3O6SSi/c1-5-28(22-39-44(26-51(45,46)47)35-24-32(41)14-18-37(35)50-39)21-38-43(34-23-30(11-17-36(34)49-38)29-9-7-6-8-10-29)25-48-20-19-42(27-52(2,3)4)33-15-12-31(40)13-16-33/h6-18,21-24H,5,19-20,25-27H2,1-4H3/p+1. The first-order valence-electron chi connectivity index (χ1n) is 17.0. The summed E-state index contributed by atoms with van der Waals surface area (Å²) in [5.74, 6) is 0.768. The summed E-state index contributed by atoms with van der Waals surface area (Å²) in [7, 11) is -5.86. The molecule has 1 aromatic heterocycles. The number of oxazole rings is 1. The summed E-state index contributed by atoms with van der Waals surface area (Å²) < 4.78 is 54.1. The minimum Gasteiger partial charge on any atom is -0.439 e. The molecule has 1 N–H and O–H groups in total. The Labute approximate surface area is 316 Å². The largest absolute Gasteiger partial charge is 0.439 e. The molecular formula is C39H42Cl2N3O6SSi+. The van der Waals surface area contributed by atoms with Gasteiger partial charge in [0.1, 0.15) is 6.73 Å². The first-order valence-corrected chi connectivity index (χ1v) is 23.1. The van der Waals surface area contributed by atoms with Crippen LogP contribution in [-0.4, -0.2) is 47.1 Å². The Bertz CT molecular complexity index is 2220. The van der Waals surface area contributed by atoms with Crippen molar-refractivity contribution in [3.8, 4) is 16.9 Å². The lowest BCUT2D eigenvalue weighted by Crippen LogP contribution is -2.42. The van der Waals surface area contributed by atoms with Crippen LogP contribution in [0, 0.1) is 0 Å². The van der Waals surface area contributed by atoms with Gasteiger partial charge in [0.25, 0.3) is 11.4 Å². The van der Waals surface area contributed by atoms with Crippen LogP contribution in [0.4, 0.5) is 11.4 Å². The molecule has 1 aliphatic heterocycles. The lowest BCUT2D eigenvalue weighted by Gasteiger charge is -2.31. The highest BCUT2D eigenvalue weighted by atomic mass is 35.5. The number of allylic oxidation sites excluding steroid dienone is 2. The molecule has 6 rings (SSSR count). The first-order chi connectivity index (χ1) is 24.8. The number of hydrogen-bond acceptors (Lipinski definition) is 7. The van der Waals surface area contributed by atoms with E-state index in [1.807, 2.05) is 72.5 Å². The second kappa shape index (κ2) is 15.9. The molecule has 0 radical (unpaired) electrons. The molecule has 0 saturated carbocycles. The lowest BCUT2D eigenvalue weighted by atomic mass is 10.0. The van der Waals surface area contributed by atoms with E-state index in [4.69, 9.17) is 37.1 Å². The van der Waals surface area contributed by atoms with E-state index in [-0.39, 0.29) is 12.6 Å². The van der Waals surface area contributed by atoms with Crippen LogP contribution in [0.2, 0.25) is 29.7 Å². The summed E-state index contributed by atoms with van der Waals surface area (Å²) in [5, 5.41) is 1.11. The number of hydrogen-bond donors (Lipinski definition) is 1. The minimum absolute atomic E-state index is 0.224. The number of benzene rings is 4. The van der Waals surface area contributed by atoms with Gasteiger partial charge in [-0.25, -0.2) is 0 Å². The Morgan fingerprint density at radius 3 is 2.38 bits per heavy atom. The second-order valence-corrected chi connectivity index (χ2v) is 21.6. The molecule has 13 heteroatoms. The molecule has 272 valence electrons. The van der Waals surface area contributed by atoms with E-state index in [1.54, 1.807) is 24.3 Å². The third-order valence-electron chi connectivity index (χ3n) is 8.43. The van der Waals surface area contributed by atoms with Crippen LogP contribution in [-0.2, 0) is 20.7 Å². The lowest BCUT2D eigenvalue weighted by molar-refractivity contribution is -0.658. The molecule has 0 spiro atoms. The first kappa shape index (κ1) is 37.6. The van der Waals surface area contributed by atoms with Gasteiger partial charge in [-0.05, 0) is 71.7 Å². The number of nitrogens with zero attached hydrogens (tertiary/aromatic N) is 3. The highest BCUT2D eigenvalue weighted by molar-refractivity contribution is 7.84. The van der Waals surface area contributed by atoms with Gasteiger partial charge >= 0.3 is 16.0 Å². The Morgan fingerprint density at radius 1 is 0.962 bits per heavy atom. The number of ether oxygens (including phenoxy) is 2. The predicted molar refractivity (Wildman–Crippen MR) is 212 cm³/mol. The molecule has 5 aromatic rings. The highest BCUT2D eigenvalue weighted by Gasteiger charge is 2.30. The van der Waals surface area contributed by atoms with Gasteiger partial charge in [0.2, 0.25) is 11.5 Å². The van der Waals surface area contributed by atoms with E-state index < -0.39 is 24.1 Å². The zero-order valence-electron chi connectivity index (χ0n) is 29.6. The van der Waals surface area contributed by atoms with Gasteiger partial charge in [0, 0.05) is 40.6 Å². The summed E-state index contributed by atoms with van der Waals surface area (Å²) in [6.45, 7) is 10.4. The van der Waals surface area contributed by atoms with Gasteiger partial charge in [0.15, 0.2) is 5.75 Å². The van der Waals surface area contributed by atoms with Crippen molar-refractivity contribution in [1.82, 2.24) is 0 Å². The van der Waals surface area contributed by atoms with Crippen LogP contribution in [0.15, 0.2) is 113 Å². The van der Waals surface area contributed by atoms with Crippen molar-refractivity contribution in [2.45, 2.75) is 38.9 Å². The third kappa shape index (κ3) is 9.46. The van der Waals surface area contributed by atoms with Crippen LogP contribution in [0.3, 0.4) is 0 Å². The van der Waals surface area contributed by atoms with E-state index >= 15 is 0 Å². The Kier molecular flexibility index (Phi) is 11.5. The summed E-state index contributed by atoms with van der Waals surface area (Å²) in [5.41, 5.74) is 5.74. The second-order valence-electron chi connectivity index (χ2n) is 13.8. The molecule has 0 unspecified atom stereocenters. The molecule has 0 aliphatic carbocycles. The van der Waals surface area contributed by atoms with Crippen molar-refractivity contribution in [3.05, 3.63) is 124 Å². The van der Waals surface area contributed by atoms with Crippen molar-refractivity contribution in [2.24, 2.45) is 0 Å². The van der Waals surface area contributed by atoms with Crippen molar-refractivity contribution in [2.75, 3.05) is 35.9 Å². The molecule has 9 nitrogen and oxygen atoms in total. The maximum absolute atomic E-state index is 12.0. The summed E-state index contributed by atoms with van der Waals surface area (Å²) in [4.78, 5) is 4.36. The zero-order valence-corrected chi connectivity index (χ0v) is 32.9. The zero-order chi connectivity index (χ0) is 37.0. The molecule has 2 heterocycles. The van der Waals surface area contributed by atoms with Crippen LogP contribution >= 0.6 is 23.2 Å². The minimum atomic E-state index is -4.40. The van der Waals surface area contributed by atoms with Crippen molar-refractivity contribution in [1.29, 1.82) is 0 Å². The van der Waals surface area contributed by atoms with Gasteiger partial charge in [-0.1, -0.05) is 86.2 Å². The number of aromatic nitrogens is 1. The average molecular weight is 780 g/mol. The third-order valence-corrected chi connectivity index (χ3v) is 10.8. The van der Waals surface area contributed by atoms with Crippen molar-refractivity contribution < 1.29 is 31.4 Å². The number of halogens is 2. The average Bonchev–Trinajstić information content (AvgIpc) is 3.60. The Morgan fingerprint density at radius 2 is 1.69 bits per heavy atom. The molecule has 0 saturated heterocycles. The highest BCUT2D eigenvalue weighted by Crippen LogP contribution is 2.42. The van der Waals surface area contributed by atoms with Crippen LogP contribution in [0.5, 0.6) is 5.75 Å². The molecule has 0 fully saturated rings. The number of anilines is 2. The molecule has 0 bridgehead atoms. The van der Waals surface area contributed by atoms with E-state index in [0.29, 0.717) is 52.4 Å². The van der Waals surface area contributed by atoms with E-state index in [9.17, 15) is 13.0 Å². The summed E-state index contributed by atoms with van der Waals surface area (Å²) in [6.07, 6.45) is 5.17. The van der Waals surface area contributed by atoms with Crippen LogP contribution in [0.25, 0.3) is 28.3 Å². The molecule has 52 heavy (non-hydrogen) atoms. The van der Waals surface area contributed by atoms with Crippen LogP contribution in [0.1, 0.15) is 19.2 Å². The molecule has 0 atom stereocenters. The summed E-state index contributed by atoms with van der Waals surface area (Å²) in [6, 6.07) is 29.1. The molecule has 0 amide bonds.